The molecular formula is C21H43NaO4S. The zero-order valence-corrected chi connectivity index (χ0v) is 21.1. The Morgan fingerprint density at radius 3 is 1.52 bits per heavy atom. The van der Waals surface area contributed by atoms with E-state index in [0.29, 0.717) is 12.8 Å². The molecule has 0 aromatic carbocycles. The third kappa shape index (κ3) is 19.9. The van der Waals surface area contributed by atoms with Gasteiger partial charge >= 0.3 is 29.6 Å². The Kier molecular flexibility index (Phi) is 22.4. The summed E-state index contributed by atoms with van der Waals surface area (Å²) in [7, 11) is -4.18. The minimum Gasteiger partial charge on any atom is -0.748 e. The largest absolute Gasteiger partial charge is 1.00 e. The first-order chi connectivity index (χ1) is 12.4. The molecule has 0 aromatic rings. The smallest absolute Gasteiger partial charge is 0.748 e. The molecule has 0 bridgehead atoms. The molecule has 0 saturated carbocycles. The van der Waals surface area contributed by atoms with Crippen LogP contribution in [0.1, 0.15) is 123 Å². The summed E-state index contributed by atoms with van der Waals surface area (Å²) < 4.78 is 34.4. The van der Waals surface area contributed by atoms with Crippen molar-refractivity contribution in [3.63, 3.8) is 0 Å². The zero-order chi connectivity index (χ0) is 19.7. The van der Waals surface area contributed by atoms with E-state index in [-0.39, 0.29) is 35.7 Å². The van der Waals surface area contributed by atoms with Gasteiger partial charge in [0.25, 0.3) is 0 Å². The Hall–Kier alpha value is 0.870. The number of hydrogen-bond donors (Lipinski definition) is 1. The van der Waals surface area contributed by atoms with Crippen molar-refractivity contribution in [3.8, 4) is 0 Å². The van der Waals surface area contributed by atoms with Gasteiger partial charge in [0.15, 0.2) is 0 Å². The fraction of sp³-hybridized carbons (Fsp3) is 1.00. The summed E-state index contributed by atoms with van der Waals surface area (Å²) in [5.41, 5.74) is 0. The van der Waals surface area contributed by atoms with Crippen molar-refractivity contribution >= 4 is 10.1 Å². The van der Waals surface area contributed by atoms with Gasteiger partial charge in [0, 0.05) is 5.25 Å². The fourth-order valence-corrected chi connectivity index (χ4v) is 4.36. The molecule has 4 nitrogen and oxygen atoms in total. The second-order valence-corrected chi connectivity index (χ2v) is 9.46. The van der Waals surface area contributed by atoms with Gasteiger partial charge in [-0.2, -0.15) is 0 Å². The van der Waals surface area contributed by atoms with Crippen molar-refractivity contribution in [1.29, 1.82) is 0 Å². The quantitative estimate of drug-likeness (QED) is 0.200. The molecule has 0 aliphatic heterocycles. The van der Waals surface area contributed by atoms with E-state index in [9.17, 15) is 18.1 Å². The molecule has 6 heteroatoms. The van der Waals surface area contributed by atoms with Gasteiger partial charge in [-0.1, -0.05) is 97.3 Å². The summed E-state index contributed by atoms with van der Waals surface area (Å²) in [6.07, 6.45) is 16.5. The van der Waals surface area contributed by atoms with Gasteiger partial charge in [0.05, 0.1) is 16.2 Å². The van der Waals surface area contributed by atoms with Crippen molar-refractivity contribution in [2.45, 2.75) is 134 Å². The number of unbranched alkanes of at least 4 members (excludes halogenated alkanes) is 10. The molecule has 0 heterocycles. The summed E-state index contributed by atoms with van der Waals surface area (Å²) >= 11 is 0. The molecule has 0 saturated heterocycles. The Balaban J connectivity index is 0. The molecule has 0 aliphatic carbocycles. The van der Waals surface area contributed by atoms with E-state index < -0.39 is 15.4 Å². The van der Waals surface area contributed by atoms with Gasteiger partial charge in [-0.15, -0.1) is 0 Å². The third-order valence-corrected chi connectivity index (χ3v) is 6.53. The van der Waals surface area contributed by atoms with Gasteiger partial charge in [0.1, 0.15) is 0 Å². The summed E-state index contributed by atoms with van der Waals surface area (Å²) in [6.45, 7) is 4.32. The van der Waals surface area contributed by atoms with E-state index in [1.807, 2.05) is 0 Å². The zero-order valence-electron chi connectivity index (χ0n) is 18.3. The van der Waals surface area contributed by atoms with Crippen LogP contribution in [0.3, 0.4) is 0 Å². The maximum atomic E-state index is 11.5. The first-order valence-corrected chi connectivity index (χ1v) is 12.5. The summed E-state index contributed by atoms with van der Waals surface area (Å²) in [4.78, 5) is 0. The molecule has 0 aliphatic rings. The number of aliphatic hydroxyl groups excluding tert-OH is 1. The molecule has 0 aromatic heterocycles. The molecule has 1 N–H and O–H groups in total. The molecule has 0 amide bonds. The minimum atomic E-state index is -4.18. The first kappa shape index (κ1) is 30.1. The van der Waals surface area contributed by atoms with Gasteiger partial charge in [0.2, 0.25) is 0 Å². The molecule has 0 rings (SSSR count). The predicted molar refractivity (Wildman–Crippen MR) is 109 cm³/mol. The molecule has 2 unspecified atom stereocenters. The second kappa shape index (κ2) is 20.2. The Bertz CT molecular complexity index is 401. The monoisotopic (exact) mass is 414 g/mol. The number of aliphatic hydroxyl groups is 1. The van der Waals surface area contributed by atoms with E-state index in [4.69, 9.17) is 0 Å². The SMILES string of the molecule is CCCCCCCCCCC(CCCCCC(O)CCCC)S(=O)(=O)[O-].[Na+]. The van der Waals surface area contributed by atoms with E-state index >= 15 is 0 Å². The molecule has 158 valence electrons. The standard InChI is InChI=1S/C21H44O4S.Na/c1-3-5-7-8-9-10-11-14-18-21(26(23,24)25)19-15-12-13-17-20(22)16-6-4-2;/h20-22H,3-19H2,1-2H3,(H,23,24,25);/q;+1/p-1. The van der Waals surface area contributed by atoms with Crippen molar-refractivity contribution in [2.75, 3.05) is 0 Å². The van der Waals surface area contributed by atoms with Crippen LogP contribution in [-0.2, 0) is 10.1 Å². The van der Waals surface area contributed by atoms with E-state index in [1.165, 1.54) is 32.1 Å². The van der Waals surface area contributed by atoms with Crippen LogP contribution >= 0.6 is 0 Å². The van der Waals surface area contributed by atoms with Gasteiger partial charge < -0.3 is 9.66 Å². The normalized spacial score (nSPS) is 13.9. The van der Waals surface area contributed by atoms with Crippen LogP contribution in [0.15, 0.2) is 0 Å². The van der Waals surface area contributed by atoms with Crippen LogP contribution in [0, 0.1) is 0 Å². The van der Waals surface area contributed by atoms with E-state index in [1.54, 1.807) is 0 Å². The van der Waals surface area contributed by atoms with E-state index in [2.05, 4.69) is 13.8 Å². The molecule has 27 heavy (non-hydrogen) atoms. The Morgan fingerprint density at radius 1 is 0.667 bits per heavy atom. The van der Waals surface area contributed by atoms with Gasteiger partial charge in [-0.25, -0.2) is 8.42 Å². The topological polar surface area (TPSA) is 77.4 Å². The maximum absolute atomic E-state index is 11.5. The van der Waals surface area contributed by atoms with Gasteiger partial charge in [-0.3, -0.25) is 0 Å². The maximum Gasteiger partial charge on any atom is 1.00 e. The van der Waals surface area contributed by atoms with Crippen LogP contribution < -0.4 is 29.6 Å². The fourth-order valence-electron chi connectivity index (χ4n) is 3.45. The Labute approximate surface area is 191 Å². The number of rotatable bonds is 19. The summed E-state index contributed by atoms with van der Waals surface area (Å²) in [5.74, 6) is 0. The van der Waals surface area contributed by atoms with Crippen LogP contribution in [0.2, 0.25) is 0 Å². The molecular weight excluding hydrogens is 371 g/mol. The third-order valence-electron chi connectivity index (χ3n) is 5.24. The second-order valence-electron chi connectivity index (χ2n) is 7.81. The summed E-state index contributed by atoms with van der Waals surface area (Å²) in [5, 5.41) is 9.09. The molecule has 0 radical (unpaired) electrons. The van der Waals surface area contributed by atoms with Gasteiger partial charge in [-0.05, 0) is 25.7 Å². The predicted octanol–water partition coefficient (Wildman–Crippen LogP) is 2.94. The average Bonchev–Trinajstić information content (AvgIpc) is 2.59. The van der Waals surface area contributed by atoms with Crippen LogP contribution in [0.4, 0.5) is 0 Å². The number of hydrogen-bond acceptors (Lipinski definition) is 4. The molecule has 0 fully saturated rings. The van der Waals surface area contributed by atoms with Crippen LogP contribution in [0.5, 0.6) is 0 Å². The van der Waals surface area contributed by atoms with Crippen LogP contribution in [-0.4, -0.2) is 29.4 Å². The minimum absolute atomic E-state index is 0. The van der Waals surface area contributed by atoms with Crippen molar-refractivity contribution in [2.24, 2.45) is 0 Å². The van der Waals surface area contributed by atoms with Crippen molar-refractivity contribution in [3.05, 3.63) is 0 Å². The molecule has 0 spiro atoms. The molecule has 2 atom stereocenters. The van der Waals surface area contributed by atoms with Crippen molar-refractivity contribution in [1.82, 2.24) is 0 Å². The average molecular weight is 415 g/mol. The van der Waals surface area contributed by atoms with Crippen LogP contribution in [0.25, 0.3) is 0 Å². The first-order valence-electron chi connectivity index (χ1n) is 11.0. The van der Waals surface area contributed by atoms with Crippen molar-refractivity contribution < 1.29 is 47.6 Å². The Morgan fingerprint density at radius 2 is 1.04 bits per heavy atom. The summed E-state index contributed by atoms with van der Waals surface area (Å²) in [6, 6.07) is 0. The van der Waals surface area contributed by atoms with E-state index in [0.717, 1.165) is 64.2 Å².